The van der Waals surface area contributed by atoms with Gasteiger partial charge in [0.15, 0.2) is 0 Å². The zero-order valence-corrected chi connectivity index (χ0v) is 11.9. The minimum absolute atomic E-state index is 0.742. The lowest BCUT2D eigenvalue weighted by molar-refractivity contribution is -0.0259. The van der Waals surface area contributed by atoms with Crippen molar-refractivity contribution in [2.24, 2.45) is 35.0 Å². The first-order valence-electron chi connectivity index (χ1n) is 8.45. The SMILES string of the molecule is C[C@@]12CCC[C@H]1[C@@H]1CCC3CCC=C[C@@H]3[C@H]1CC2. The van der Waals surface area contributed by atoms with Crippen molar-refractivity contribution in [2.75, 3.05) is 0 Å². The van der Waals surface area contributed by atoms with Gasteiger partial charge in [0.05, 0.1) is 0 Å². The van der Waals surface area contributed by atoms with Gasteiger partial charge in [-0.15, -0.1) is 0 Å². The van der Waals surface area contributed by atoms with E-state index in [9.17, 15) is 0 Å². The van der Waals surface area contributed by atoms with Crippen molar-refractivity contribution in [3.05, 3.63) is 12.2 Å². The molecule has 3 saturated carbocycles. The second kappa shape index (κ2) is 4.12. The van der Waals surface area contributed by atoms with Crippen LogP contribution in [0.3, 0.4) is 0 Å². The summed E-state index contributed by atoms with van der Waals surface area (Å²) in [6, 6.07) is 0. The molecule has 0 amide bonds. The molecule has 4 aliphatic carbocycles. The molecule has 4 rings (SSSR count). The molecule has 0 saturated heterocycles. The summed E-state index contributed by atoms with van der Waals surface area (Å²) in [5, 5.41) is 0. The van der Waals surface area contributed by atoms with Gasteiger partial charge in [0.1, 0.15) is 0 Å². The fourth-order valence-electron chi connectivity index (χ4n) is 6.35. The summed E-state index contributed by atoms with van der Waals surface area (Å²) >= 11 is 0. The Labute approximate surface area is 112 Å². The summed E-state index contributed by atoms with van der Waals surface area (Å²) in [6.07, 6.45) is 18.8. The second-order valence-electron chi connectivity index (χ2n) is 7.94. The average Bonchev–Trinajstić information content (AvgIpc) is 2.80. The van der Waals surface area contributed by atoms with Crippen LogP contribution in [-0.4, -0.2) is 0 Å². The highest BCUT2D eigenvalue weighted by Crippen LogP contribution is 2.61. The van der Waals surface area contributed by atoms with Gasteiger partial charge < -0.3 is 0 Å². The fourth-order valence-corrected chi connectivity index (χ4v) is 6.35. The highest BCUT2D eigenvalue weighted by atomic mass is 14.6. The standard InChI is InChI=1S/C18H28/c1-18-11-4-7-17(18)16-9-8-13-5-2-3-6-14(13)15(16)10-12-18/h3,6,13-17H,2,4-5,7-12H2,1H3/t13?,14-,15+,16+,17-,18-/m0/s1. The molecule has 0 aliphatic heterocycles. The van der Waals surface area contributed by atoms with Crippen LogP contribution in [0.15, 0.2) is 12.2 Å². The van der Waals surface area contributed by atoms with E-state index in [1.807, 2.05) is 0 Å². The van der Waals surface area contributed by atoms with Crippen molar-refractivity contribution < 1.29 is 0 Å². The van der Waals surface area contributed by atoms with Crippen LogP contribution in [0.4, 0.5) is 0 Å². The van der Waals surface area contributed by atoms with Crippen LogP contribution < -0.4 is 0 Å². The van der Waals surface area contributed by atoms with E-state index in [-0.39, 0.29) is 0 Å². The maximum atomic E-state index is 2.63. The average molecular weight is 244 g/mol. The monoisotopic (exact) mass is 244 g/mol. The second-order valence-corrected chi connectivity index (χ2v) is 7.94. The van der Waals surface area contributed by atoms with E-state index in [2.05, 4.69) is 19.1 Å². The van der Waals surface area contributed by atoms with E-state index in [0.717, 1.165) is 35.0 Å². The molecule has 4 aliphatic rings. The molecular formula is C18H28. The van der Waals surface area contributed by atoms with Crippen molar-refractivity contribution in [1.29, 1.82) is 0 Å². The summed E-state index contributed by atoms with van der Waals surface area (Å²) in [4.78, 5) is 0. The lowest BCUT2D eigenvalue weighted by Gasteiger charge is -2.53. The van der Waals surface area contributed by atoms with Crippen LogP contribution >= 0.6 is 0 Å². The molecule has 0 heterocycles. The topological polar surface area (TPSA) is 0 Å². The summed E-state index contributed by atoms with van der Waals surface area (Å²) in [5.41, 5.74) is 0.742. The van der Waals surface area contributed by atoms with Crippen LogP contribution in [0.5, 0.6) is 0 Å². The van der Waals surface area contributed by atoms with E-state index < -0.39 is 0 Å². The minimum atomic E-state index is 0.742. The Kier molecular flexibility index (Phi) is 2.64. The van der Waals surface area contributed by atoms with Gasteiger partial charge in [-0.3, -0.25) is 0 Å². The van der Waals surface area contributed by atoms with E-state index in [4.69, 9.17) is 0 Å². The quantitative estimate of drug-likeness (QED) is 0.514. The molecule has 0 radical (unpaired) electrons. The molecule has 18 heavy (non-hydrogen) atoms. The molecule has 3 fully saturated rings. The highest BCUT2D eigenvalue weighted by molar-refractivity contribution is 5.08. The molecule has 0 aromatic carbocycles. The molecule has 0 heteroatoms. The molecule has 100 valence electrons. The Morgan fingerprint density at radius 2 is 1.89 bits per heavy atom. The van der Waals surface area contributed by atoms with E-state index in [1.54, 1.807) is 25.7 Å². The largest absolute Gasteiger partial charge is 0.0882 e. The lowest BCUT2D eigenvalue weighted by Crippen LogP contribution is -2.45. The minimum Gasteiger partial charge on any atom is -0.0882 e. The van der Waals surface area contributed by atoms with Crippen LogP contribution in [0.1, 0.15) is 64.7 Å². The summed E-state index contributed by atoms with van der Waals surface area (Å²) < 4.78 is 0. The number of allylic oxidation sites excluding steroid dienone is 2. The maximum absolute atomic E-state index is 2.63. The van der Waals surface area contributed by atoms with Gasteiger partial charge in [-0.25, -0.2) is 0 Å². The zero-order chi connectivity index (χ0) is 12.2. The normalized spacial score (nSPS) is 54.6. The first kappa shape index (κ1) is 11.6. The van der Waals surface area contributed by atoms with Crippen LogP contribution in [-0.2, 0) is 0 Å². The van der Waals surface area contributed by atoms with Gasteiger partial charge in [0, 0.05) is 0 Å². The third-order valence-electron chi connectivity index (χ3n) is 7.25. The summed E-state index contributed by atoms with van der Waals surface area (Å²) in [5.74, 6) is 5.28. The molecular weight excluding hydrogens is 216 g/mol. The van der Waals surface area contributed by atoms with Gasteiger partial charge in [-0.05, 0) is 86.4 Å². The van der Waals surface area contributed by atoms with E-state index >= 15 is 0 Å². The van der Waals surface area contributed by atoms with Gasteiger partial charge in [0.25, 0.3) is 0 Å². The van der Waals surface area contributed by atoms with Crippen LogP contribution in [0, 0.1) is 35.0 Å². The summed E-state index contributed by atoms with van der Waals surface area (Å²) in [7, 11) is 0. The van der Waals surface area contributed by atoms with Crippen molar-refractivity contribution in [3.63, 3.8) is 0 Å². The molecule has 0 bridgehead atoms. The third kappa shape index (κ3) is 1.57. The Bertz CT molecular complexity index is 355. The predicted molar refractivity (Wildman–Crippen MR) is 76.3 cm³/mol. The Morgan fingerprint density at radius 3 is 2.83 bits per heavy atom. The van der Waals surface area contributed by atoms with Crippen LogP contribution in [0.25, 0.3) is 0 Å². The number of hydrogen-bond donors (Lipinski definition) is 0. The van der Waals surface area contributed by atoms with Crippen molar-refractivity contribution in [3.8, 4) is 0 Å². The smallest absolute Gasteiger partial charge is 0.0174 e. The lowest BCUT2D eigenvalue weighted by atomic mass is 9.52. The van der Waals surface area contributed by atoms with Crippen molar-refractivity contribution in [2.45, 2.75) is 64.7 Å². The Hall–Kier alpha value is -0.260. The molecule has 0 nitrogen and oxygen atoms in total. The number of fused-ring (bicyclic) bond motifs is 5. The molecule has 0 aromatic heterocycles. The zero-order valence-electron chi connectivity index (χ0n) is 11.9. The van der Waals surface area contributed by atoms with Crippen molar-refractivity contribution >= 4 is 0 Å². The Balaban J connectivity index is 1.62. The number of rotatable bonds is 0. The van der Waals surface area contributed by atoms with Gasteiger partial charge >= 0.3 is 0 Å². The van der Waals surface area contributed by atoms with Gasteiger partial charge in [0.2, 0.25) is 0 Å². The van der Waals surface area contributed by atoms with E-state index in [1.165, 1.54) is 32.1 Å². The van der Waals surface area contributed by atoms with Crippen molar-refractivity contribution in [1.82, 2.24) is 0 Å². The molecule has 0 N–H and O–H groups in total. The van der Waals surface area contributed by atoms with E-state index in [0.29, 0.717) is 0 Å². The first-order valence-corrected chi connectivity index (χ1v) is 8.45. The summed E-state index contributed by atoms with van der Waals surface area (Å²) in [6.45, 7) is 2.61. The highest BCUT2D eigenvalue weighted by Gasteiger charge is 2.52. The van der Waals surface area contributed by atoms with Crippen LogP contribution in [0.2, 0.25) is 0 Å². The number of hydrogen-bond acceptors (Lipinski definition) is 0. The molecule has 6 atom stereocenters. The molecule has 1 unspecified atom stereocenters. The molecule has 0 spiro atoms. The van der Waals surface area contributed by atoms with Gasteiger partial charge in [-0.1, -0.05) is 25.5 Å². The maximum Gasteiger partial charge on any atom is -0.0174 e. The third-order valence-corrected chi connectivity index (χ3v) is 7.25. The fraction of sp³-hybridized carbons (Fsp3) is 0.889. The van der Waals surface area contributed by atoms with Gasteiger partial charge in [-0.2, -0.15) is 0 Å². The predicted octanol–water partition coefficient (Wildman–Crippen LogP) is 5.20. The first-order chi connectivity index (χ1) is 8.78. The Morgan fingerprint density at radius 1 is 0.944 bits per heavy atom. The molecule has 0 aromatic rings.